The number of nitrogens with one attached hydrogen (secondary N) is 1. The van der Waals surface area contributed by atoms with Crippen LogP contribution in [0.1, 0.15) is 10.4 Å². The van der Waals surface area contributed by atoms with Crippen LogP contribution in [0.2, 0.25) is 0 Å². The number of nitrogens with zero attached hydrogens (tertiary/aromatic N) is 3. The minimum atomic E-state index is -0.381. The Hall–Kier alpha value is -3.21. The topological polar surface area (TPSA) is 99.0 Å². The number of rotatable bonds is 9. The van der Waals surface area contributed by atoms with Gasteiger partial charge in [-0.05, 0) is 17.7 Å². The molecule has 0 saturated carbocycles. The average Bonchev–Trinajstić information content (AvgIpc) is 3.25. The lowest BCUT2D eigenvalue weighted by Gasteiger charge is -2.26. The molecule has 3 aromatic rings. The number of morpholine rings is 1. The van der Waals surface area contributed by atoms with Gasteiger partial charge < -0.3 is 19.5 Å². The second-order valence-electron chi connectivity index (χ2n) is 7.53. The number of nitro groups is 1. The molecule has 174 valence electrons. The summed E-state index contributed by atoms with van der Waals surface area (Å²) in [7, 11) is 3.22. The quantitative estimate of drug-likeness (QED) is 0.367. The lowest BCUT2D eigenvalue weighted by molar-refractivity contribution is -0.384. The summed E-state index contributed by atoms with van der Waals surface area (Å²) in [5.41, 5.74) is 2.58. The fraction of sp³-hybridized carbons (Fsp3) is 0.348. The highest BCUT2D eigenvalue weighted by molar-refractivity contribution is 7.16. The maximum absolute atomic E-state index is 11.3. The van der Waals surface area contributed by atoms with Crippen LogP contribution in [0.3, 0.4) is 0 Å². The first-order valence-corrected chi connectivity index (χ1v) is 11.4. The summed E-state index contributed by atoms with van der Waals surface area (Å²) in [4.78, 5) is 19.1. The van der Waals surface area contributed by atoms with Gasteiger partial charge in [-0.2, -0.15) is 0 Å². The summed E-state index contributed by atoms with van der Waals surface area (Å²) in [6, 6.07) is 12.4. The normalized spacial score (nSPS) is 14.1. The van der Waals surface area contributed by atoms with Crippen molar-refractivity contribution < 1.29 is 19.1 Å². The smallest absolute Gasteiger partial charge is 0.270 e. The number of methoxy groups -OCH3 is 2. The second kappa shape index (κ2) is 10.6. The van der Waals surface area contributed by atoms with Gasteiger partial charge in [0.25, 0.3) is 5.69 Å². The lowest BCUT2D eigenvalue weighted by atomic mass is 10.1. The number of ether oxygens (including phenoxy) is 3. The minimum Gasteiger partial charge on any atom is -0.493 e. The highest BCUT2D eigenvalue weighted by atomic mass is 32.1. The van der Waals surface area contributed by atoms with E-state index in [2.05, 4.69) is 10.2 Å². The third-order valence-corrected chi connectivity index (χ3v) is 6.39. The van der Waals surface area contributed by atoms with Crippen LogP contribution in [0.4, 0.5) is 10.8 Å². The predicted octanol–water partition coefficient (Wildman–Crippen LogP) is 4.18. The van der Waals surface area contributed by atoms with E-state index in [1.54, 1.807) is 37.7 Å². The van der Waals surface area contributed by atoms with Gasteiger partial charge in [-0.25, -0.2) is 4.98 Å². The van der Waals surface area contributed by atoms with Crippen LogP contribution in [0.5, 0.6) is 11.5 Å². The number of nitro benzene ring substituents is 1. The van der Waals surface area contributed by atoms with Crippen molar-refractivity contribution in [1.82, 2.24) is 9.88 Å². The zero-order chi connectivity index (χ0) is 23.2. The molecule has 0 spiro atoms. The Bertz CT molecular complexity index is 1110. The highest BCUT2D eigenvalue weighted by Crippen LogP contribution is 2.34. The van der Waals surface area contributed by atoms with Crippen LogP contribution in [-0.2, 0) is 17.8 Å². The van der Waals surface area contributed by atoms with E-state index in [1.165, 1.54) is 6.07 Å². The summed E-state index contributed by atoms with van der Waals surface area (Å²) in [5, 5.41) is 15.4. The first-order valence-electron chi connectivity index (χ1n) is 10.6. The molecule has 2 aromatic carbocycles. The Morgan fingerprint density at radius 1 is 1.15 bits per heavy atom. The third-order valence-electron chi connectivity index (χ3n) is 5.39. The molecule has 1 aliphatic heterocycles. The molecule has 33 heavy (non-hydrogen) atoms. The Morgan fingerprint density at radius 2 is 1.94 bits per heavy atom. The summed E-state index contributed by atoms with van der Waals surface area (Å²) >= 11 is 1.57. The van der Waals surface area contributed by atoms with Crippen LogP contribution in [0.15, 0.2) is 42.5 Å². The number of hydrogen-bond donors (Lipinski definition) is 1. The summed E-state index contributed by atoms with van der Waals surface area (Å²) in [6.45, 7) is 4.38. The average molecular weight is 471 g/mol. The van der Waals surface area contributed by atoms with E-state index in [-0.39, 0.29) is 10.6 Å². The molecule has 1 aliphatic rings. The number of thiazole rings is 1. The number of aromatic nitrogens is 1. The Morgan fingerprint density at radius 3 is 2.67 bits per heavy atom. The van der Waals surface area contributed by atoms with Crippen molar-refractivity contribution >= 4 is 22.2 Å². The molecule has 9 nitrogen and oxygen atoms in total. The van der Waals surface area contributed by atoms with Gasteiger partial charge in [-0.1, -0.05) is 18.2 Å². The maximum atomic E-state index is 11.3. The molecule has 0 unspecified atom stereocenters. The molecule has 10 heteroatoms. The van der Waals surface area contributed by atoms with Crippen LogP contribution >= 0.6 is 11.3 Å². The lowest BCUT2D eigenvalue weighted by Crippen LogP contribution is -2.35. The zero-order valence-electron chi connectivity index (χ0n) is 18.6. The fourth-order valence-corrected chi connectivity index (χ4v) is 4.68. The Labute approximate surface area is 196 Å². The van der Waals surface area contributed by atoms with Crippen molar-refractivity contribution in [3.63, 3.8) is 0 Å². The highest BCUT2D eigenvalue weighted by Gasteiger charge is 2.19. The predicted molar refractivity (Wildman–Crippen MR) is 127 cm³/mol. The van der Waals surface area contributed by atoms with Crippen LogP contribution < -0.4 is 14.8 Å². The van der Waals surface area contributed by atoms with Gasteiger partial charge >= 0.3 is 0 Å². The molecule has 2 heterocycles. The van der Waals surface area contributed by atoms with Gasteiger partial charge in [0, 0.05) is 48.8 Å². The van der Waals surface area contributed by atoms with Crippen LogP contribution in [-0.4, -0.2) is 55.3 Å². The van der Waals surface area contributed by atoms with Gasteiger partial charge in [0.05, 0.1) is 38.1 Å². The summed E-state index contributed by atoms with van der Waals surface area (Å²) < 4.78 is 16.2. The van der Waals surface area contributed by atoms with E-state index >= 15 is 0 Å². The van der Waals surface area contributed by atoms with Crippen molar-refractivity contribution in [3.8, 4) is 22.8 Å². The molecule has 1 aromatic heterocycles. The van der Waals surface area contributed by atoms with Gasteiger partial charge in [0.1, 0.15) is 0 Å². The molecule has 1 N–H and O–H groups in total. The SMILES string of the molecule is COc1ccc(CNc2nc(-c3cccc([N+](=O)[O-])c3)c(CN3CCOCC3)s2)cc1OC. The zero-order valence-corrected chi connectivity index (χ0v) is 19.4. The number of benzene rings is 2. The Balaban J connectivity index is 1.59. The maximum Gasteiger partial charge on any atom is 0.270 e. The first kappa shape index (κ1) is 23.0. The van der Waals surface area contributed by atoms with Crippen molar-refractivity contribution in [3.05, 3.63) is 63.0 Å². The largest absolute Gasteiger partial charge is 0.493 e. The molecule has 0 amide bonds. The van der Waals surface area contributed by atoms with E-state index in [0.29, 0.717) is 31.3 Å². The molecule has 0 radical (unpaired) electrons. The van der Waals surface area contributed by atoms with Crippen molar-refractivity contribution in [2.75, 3.05) is 45.8 Å². The van der Waals surface area contributed by atoms with E-state index in [9.17, 15) is 10.1 Å². The molecule has 0 atom stereocenters. The standard InChI is InChI=1S/C23H26N4O5S/c1-30-19-7-6-16(12-20(19)31-2)14-24-23-25-22(17-4-3-5-18(13-17)27(28)29)21(33-23)15-26-8-10-32-11-9-26/h3-7,12-13H,8-11,14-15H2,1-2H3,(H,24,25). The third kappa shape index (κ3) is 5.59. The molecule has 1 fully saturated rings. The van der Waals surface area contributed by atoms with E-state index in [1.807, 2.05) is 24.3 Å². The van der Waals surface area contributed by atoms with E-state index in [4.69, 9.17) is 19.2 Å². The molecular formula is C23H26N4O5S. The number of anilines is 1. The van der Waals surface area contributed by atoms with Gasteiger partial charge in [-0.15, -0.1) is 11.3 Å². The number of non-ortho nitro benzene ring substituents is 1. The second-order valence-corrected chi connectivity index (χ2v) is 8.61. The van der Waals surface area contributed by atoms with Crippen molar-refractivity contribution in [2.45, 2.75) is 13.1 Å². The van der Waals surface area contributed by atoms with Crippen LogP contribution in [0, 0.1) is 10.1 Å². The first-order chi connectivity index (χ1) is 16.1. The van der Waals surface area contributed by atoms with E-state index < -0.39 is 0 Å². The van der Waals surface area contributed by atoms with Gasteiger partial charge in [-0.3, -0.25) is 15.0 Å². The van der Waals surface area contributed by atoms with Gasteiger partial charge in [0.15, 0.2) is 16.6 Å². The number of hydrogen-bond acceptors (Lipinski definition) is 9. The van der Waals surface area contributed by atoms with Gasteiger partial charge in [0.2, 0.25) is 0 Å². The monoisotopic (exact) mass is 470 g/mol. The summed E-state index contributed by atoms with van der Waals surface area (Å²) in [6.07, 6.45) is 0. The molecule has 1 saturated heterocycles. The molecular weight excluding hydrogens is 444 g/mol. The fourth-order valence-electron chi connectivity index (χ4n) is 3.66. The molecule has 4 rings (SSSR count). The molecule has 0 aliphatic carbocycles. The van der Waals surface area contributed by atoms with Crippen molar-refractivity contribution in [2.24, 2.45) is 0 Å². The van der Waals surface area contributed by atoms with Crippen molar-refractivity contribution in [1.29, 1.82) is 0 Å². The molecule has 0 bridgehead atoms. The summed E-state index contributed by atoms with van der Waals surface area (Å²) in [5.74, 6) is 1.34. The van der Waals surface area contributed by atoms with E-state index in [0.717, 1.165) is 46.5 Å². The Kier molecular flexibility index (Phi) is 7.38. The minimum absolute atomic E-state index is 0.0534. The van der Waals surface area contributed by atoms with Crippen LogP contribution in [0.25, 0.3) is 11.3 Å².